The van der Waals surface area contributed by atoms with Gasteiger partial charge in [0, 0.05) is 6.58 Å². The largest absolute Gasteiger partial charge is 0.390 e. The average Bonchev–Trinajstić information content (AvgIpc) is 2.41. The summed E-state index contributed by atoms with van der Waals surface area (Å²) in [4.78, 5) is 0. The summed E-state index contributed by atoms with van der Waals surface area (Å²) in [5.41, 5.74) is 0. The second kappa shape index (κ2) is 4.83. The van der Waals surface area contributed by atoms with Gasteiger partial charge in [-0.25, -0.2) is 0 Å². The topological polar surface area (TPSA) is 29.5 Å². The van der Waals surface area contributed by atoms with Gasteiger partial charge in [-0.3, -0.25) is 0 Å². The van der Waals surface area contributed by atoms with Crippen LogP contribution in [0.3, 0.4) is 0 Å². The highest BCUT2D eigenvalue weighted by Gasteiger charge is 2.30. The van der Waals surface area contributed by atoms with E-state index < -0.39 is 6.58 Å². The molecule has 0 aromatic rings. The molecule has 1 fully saturated rings. The predicted molar refractivity (Wildman–Crippen MR) is 49.1 cm³/mol. The summed E-state index contributed by atoms with van der Waals surface area (Å²) in [5, 5.41) is 9.76. The fraction of sp³-hybridized carbons (Fsp3) is 1.00. The second-order valence-electron chi connectivity index (χ2n) is 3.69. The summed E-state index contributed by atoms with van der Waals surface area (Å²) in [6, 6.07) is 0. The van der Waals surface area contributed by atoms with Crippen LogP contribution in [-0.4, -0.2) is 23.9 Å². The van der Waals surface area contributed by atoms with Crippen LogP contribution in [0.5, 0.6) is 0 Å². The maximum atomic E-state index is 9.76. The molecule has 2 nitrogen and oxygen atoms in total. The number of ether oxygens (including phenoxy) is 1. The SMILES string of the molecule is [3H][C@H]1C[C@H](C)[C@@H]([C@@H](O)CCCC)O1. The molecule has 0 bridgehead atoms. The zero-order chi connectivity index (χ0) is 9.84. The molecule has 0 aromatic heterocycles. The molecule has 12 heavy (non-hydrogen) atoms. The van der Waals surface area contributed by atoms with Crippen LogP contribution in [0.15, 0.2) is 0 Å². The molecule has 0 spiro atoms. The number of hydrogen-bond acceptors (Lipinski definition) is 2. The van der Waals surface area contributed by atoms with Crippen molar-refractivity contribution in [3.63, 3.8) is 0 Å². The van der Waals surface area contributed by atoms with Gasteiger partial charge in [-0.15, -0.1) is 0 Å². The number of aliphatic hydroxyl groups excluding tert-OH is 1. The summed E-state index contributed by atoms with van der Waals surface area (Å²) in [6.07, 6.45) is 3.23. The van der Waals surface area contributed by atoms with Crippen LogP contribution >= 0.6 is 0 Å². The van der Waals surface area contributed by atoms with Crippen LogP contribution in [0.4, 0.5) is 0 Å². The Morgan fingerprint density at radius 3 is 3.00 bits per heavy atom. The number of hydrogen-bond donors (Lipinski definition) is 1. The van der Waals surface area contributed by atoms with Crippen molar-refractivity contribution in [2.45, 2.75) is 51.7 Å². The van der Waals surface area contributed by atoms with Crippen LogP contribution in [0, 0.1) is 5.92 Å². The van der Waals surface area contributed by atoms with Gasteiger partial charge in [0.05, 0.1) is 13.6 Å². The first-order valence-corrected chi connectivity index (χ1v) is 4.91. The Hall–Kier alpha value is -0.0800. The Bertz CT molecular complexity index is 152. The number of unbranched alkanes of at least 4 members (excludes halogenated alkanes) is 1. The summed E-state index contributed by atoms with van der Waals surface area (Å²) in [6.45, 7) is 3.74. The third-order valence-electron chi connectivity index (χ3n) is 2.51. The van der Waals surface area contributed by atoms with Crippen molar-refractivity contribution in [1.82, 2.24) is 0 Å². The Morgan fingerprint density at radius 2 is 2.50 bits per heavy atom. The summed E-state index contributed by atoms with van der Waals surface area (Å²) >= 11 is 0. The Labute approximate surface area is 76.3 Å². The molecule has 1 N–H and O–H groups in total. The van der Waals surface area contributed by atoms with Crippen LogP contribution in [0.25, 0.3) is 0 Å². The van der Waals surface area contributed by atoms with Crippen molar-refractivity contribution in [3.05, 3.63) is 0 Å². The molecule has 0 aliphatic carbocycles. The quantitative estimate of drug-likeness (QED) is 0.706. The van der Waals surface area contributed by atoms with Crippen molar-refractivity contribution in [3.8, 4) is 0 Å². The Kier molecular flexibility index (Phi) is 3.43. The van der Waals surface area contributed by atoms with Crippen LogP contribution in [0.1, 0.15) is 40.9 Å². The van der Waals surface area contributed by atoms with E-state index in [2.05, 4.69) is 6.92 Å². The molecule has 0 aromatic carbocycles. The molecular formula is C10H20O2. The van der Waals surface area contributed by atoms with Gasteiger partial charge >= 0.3 is 0 Å². The molecule has 0 radical (unpaired) electrons. The maximum absolute atomic E-state index is 9.76. The summed E-state index contributed by atoms with van der Waals surface area (Å²) in [5.74, 6) is 0.328. The molecule has 0 amide bonds. The van der Waals surface area contributed by atoms with Crippen LogP contribution in [0.2, 0.25) is 0 Å². The minimum absolute atomic E-state index is 0.103. The van der Waals surface area contributed by atoms with E-state index in [0.717, 1.165) is 25.7 Å². The van der Waals surface area contributed by atoms with Gasteiger partial charge in [0.2, 0.25) is 0 Å². The number of rotatable bonds is 4. The second-order valence-corrected chi connectivity index (χ2v) is 3.69. The molecule has 0 saturated carbocycles. The lowest BCUT2D eigenvalue weighted by molar-refractivity contribution is -0.0208. The van der Waals surface area contributed by atoms with Crippen molar-refractivity contribution >= 4 is 0 Å². The van der Waals surface area contributed by atoms with E-state index in [1.807, 2.05) is 6.92 Å². The Balaban J connectivity index is 2.33. The molecule has 1 heterocycles. The minimum atomic E-state index is -0.420. The lowest BCUT2D eigenvalue weighted by atomic mass is 9.96. The van der Waals surface area contributed by atoms with Crippen molar-refractivity contribution in [2.75, 3.05) is 6.58 Å². The molecule has 1 rings (SSSR count). The zero-order valence-electron chi connectivity index (χ0n) is 8.99. The van der Waals surface area contributed by atoms with Crippen LogP contribution in [-0.2, 0) is 4.74 Å². The van der Waals surface area contributed by atoms with Gasteiger partial charge in [0.15, 0.2) is 0 Å². The van der Waals surface area contributed by atoms with E-state index in [0.29, 0.717) is 5.92 Å². The highest BCUT2D eigenvalue weighted by atomic mass is 16.5. The van der Waals surface area contributed by atoms with Crippen molar-refractivity contribution in [1.29, 1.82) is 0 Å². The zero-order valence-corrected chi connectivity index (χ0v) is 7.99. The van der Waals surface area contributed by atoms with Gasteiger partial charge in [-0.2, -0.15) is 0 Å². The first-order chi connectivity index (χ1) is 6.15. The van der Waals surface area contributed by atoms with E-state index in [1.54, 1.807) is 0 Å². The lowest BCUT2D eigenvalue weighted by Gasteiger charge is -2.20. The molecule has 0 unspecified atom stereocenters. The van der Waals surface area contributed by atoms with Gasteiger partial charge in [0.1, 0.15) is 0 Å². The smallest absolute Gasteiger partial charge is 0.0860 e. The van der Waals surface area contributed by atoms with Gasteiger partial charge in [-0.05, 0) is 18.8 Å². The highest BCUT2D eigenvalue weighted by Crippen LogP contribution is 2.24. The minimum Gasteiger partial charge on any atom is -0.390 e. The predicted octanol–water partition coefficient (Wildman–Crippen LogP) is 1.96. The van der Waals surface area contributed by atoms with E-state index >= 15 is 0 Å². The first kappa shape index (κ1) is 8.52. The Morgan fingerprint density at radius 1 is 1.75 bits per heavy atom. The number of aliphatic hydroxyl groups is 1. The van der Waals surface area contributed by atoms with Gasteiger partial charge in [0.25, 0.3) is 0 Å². The molecule has 72 valence electrons. The standard InChI is InChI=1S/C10H20O2/c1-3-4-5-9(11)10-8(2)6-7-12-10/h8-11H,3-7H2,1-2H3/t8-,9-,10-/m0/s1/i7T/t7-,8-,9-,10-. The fourth-order valence-electron chi connectivity index (χ4n) is 1.63. The molecule has 1 aliphatic heterocycles. The third kappa shape index (κ3) is 2.46. The molecule has 4 atom stereocenters. The van der Waals surface area contributed by atoms with Crippen molar-refractivity contribution in [2.24, 2.45) is 5.92 Å². The first-order valence-electron chi connectivity index (χ1n) is 5.48. The summed E-state index contributed by atoms with van der Waals surface area (Å²) in [7, 11) is 0. The lowest BCUT2D eigenvalue weighted by Crippen LogP contribution is -2.29. The summed E-state index contributed by atoms with van der Waals surface area (Å²) < 4.78 is 12.8. The monoisotopic (exact) mass is 174 g/mol. The van der Waals surface area contributed by atoms with Gasteiger partial charge < -0.3 is 9.84 Å². The molecule has 1 aliphatic rings. The molecule has 2 heteroatoms. The van der Waals surface area contributed by atoms with Crippen LogP contribution < -0.4 is 0 Å². The van der Waals surface area contributed by atoms with E-state index in [-0.39, 0.29) is 12.2 Å². The highest BCUT2D eigenvalue weighted by molar-refractivity contribution is 4.79. The van der Waals surface area contributed by atoms with Gasteiger partial charge in [-0.1, -0.05) is 26.7 Å². The molecule has 1 saturated heterocycles. The fourth-order valence-corrected chi connectivity index (χ4v) is 1.63. The van der Waals surface area contributed by atoms with E-state index in [4.69, 9.17) is 6.11 Å². The maximum Gasteiger partial charge on any atom is 0.0860 e. The van der Waals surface area contributed by atoms with E-state index in [1.165, 1.54) is 0 Å². The van der Waals surface area contributed by atoms with E-state index in [9.17, 15) is 5.11 Å². The average molecular weight is 174 g/mol. The molecular weight excluding hydrogens is 152 g/mol. The normalized spacial score (nSPS) is 39.6. The van der Waals surface area contributed by atoms with Crippen molar-refractivity contribution < 1.29 is 11.2 Å². The third-order valence-corrected chi connectivity index (χ3v) is 2.51.